The van der Waals surface area contributed by atoms with E-state index in [4.69, 9.17) is 4.74 Å². The topological polar surface area (TPSA) is 87.7 Å². The standard InChI is InChI=1S/C19H16FN3O4/c1-11(21-13-9-7-12(20)8-10-13)16-17(24)22-19(26)23(18(16)25)14-5-3-4-6-15(14)27-2/h3-10,16,21H,1H2,2H3,(H,22,24,26)/t16-/m1/s1. The van der Waals surface area contributed by atoms with Gasteiger partial charge in [0.05, 0.1) is 12.8 Å². The molecule has 1 heterocycles. The number of halogens is 1. The van der Waals surface area contributed by atoms with Crippen molar-refractivity contribution >= 4 is 29.2 Å². The minimum atomic E-state index is -1.35. The number of benzene rings is 2. The molecule has 27 heavy (non-hydrogen) atoms. The van der Waals surface area contributed by atoms with E-state index in [-0.39, 0.29) is 11.4 Å². The zero-order valence-electron chi connectivity index (χ0n) is 14.4. The number of nitrogens with zero attached hydrogens (tertiary/aromatic N) is 1. The van der Waals surface area contributed by atoms with Crippen molar-refractivity contribution in [2.24, 2.45) is 5.92 Å². The molecule has 2 aromatic rings. The smallest absolute Gasteiger partial charge is 0.335 e. The van der Waals surface area contributed by atoms with Crippen molar-refractivity contribution in [2.45, 2.75) is 0 Å². The van der Waals surface area contributed by atoms with Gasteiger partial charge in [0.25, 0.3) is 5.91 Å². The summed E-state index contributed by atoms with van der Waals surface area (Å²) in [6.45, 7) is 3.74. The van der Waals surface area contributed by atoms with Crippen molar-refractivity contribution in [3.05, 3.63) is 66.6 Å². The van der Waals surface area contributed by atoms with Crippen LogP contribution >= 0.6 is 0 Å². The fourth-order valence-electron chi connectivity index (χ4n) is 2.72. The summed E-state index contributed by atoms with van der Waals surface area (Å²) in [7, 11) is 1.41. The second-order valence-corrected chi connectivity index (χ2v) is 5.73. The van der Waals surface area contributed by atoms with Gasteiger partial charge in [-0.25, -0.2) is 14.1 Å². The lowest BCUT2D eigenvalue weighted by Gasteiger charge is -2.31. The molecule has 4 amide bonds. The lowest BCUT2D eigenvalue weighted by Crippen LogP contribution is -2.59. The average molecular weight is 369 g/mol. The van der Waals surface area contributed by atoms with E-state index in [0.717, 1.165) is 4.90 Å². The molecule has 1 aliphatic heterocycles. The normalized spacial score (nSPS) is 16.7. The van der Waals surface area contributed by atoms with Gasteiger partial charge in [-0.15, -0.1) is 0 Å². The highest BCUT2D eigenvalue weighted by atomic mass is 19.1. The van der Waals surface area contributed by atoms with E-state index < -0.39 is 29.6 Å². The summed E-state index contributed by atoms with van der Waals surface area (Å²) in [6.07, 6.45) is 0. The average Bonchev–Trinajstić information content (AvgIpc) is 2.63. The fourth-order valence-corrected chi connectivity index (χ4v) is 2.72. The third kappa shape index (κ3) is 3.50. The first-order chi connectivity index (χ1) is 12.9. The molecule has 0 unspecified atom stereocenters. The first kappa shape index (κ1) is 18.1. The maximum Gasteiger partial charge on any atom is 0.335 e. The monoisotopic (exact) mass is 369 g/mol. The van der Waals surface area contributed by atoms with Crippen LogP contribution in [0.3, 0.4) is 0 Å². The van der Waals surface area contributed by atoms with Gasteiger partial charge in [0, 0.05) is 11.4 Å². The molecular weight excluding hydrogens is 353 g/mol. The minimum Gasteiger partial charge on any atom is -0.495 e. The molecule has 0 spiro atoms. The Balaban J connectivity index is 1.90. The summed E-state index contributed by atoms with van der Waals surface area (Å²) in [6, 6.07) is 10.9. The second kappa shape index (κ2) is 7.28. The molecule has 0 bridgehead atoms. The number of nitrogens with one attached hydrogen (secondary N) is 2. The van der Waals surface area contributed by atoms with Crippen LogP contribution < -0.4 is 20.3 Å². The van der Waals surface area contributed by atoms with E-state index in [2.05, 4.69) is 17.2 Å². The number of carbonyl (C=O) groups excluding carboxylic acids is 3. The highest BCUT2D eigenvalue weighted by Crippen LogP contribution is 2.31. The van der Waals surface area contributed by atoms with Gasteiger partial charge in [-0.3, -0.25) is 14.9 Å². The van der Waals surface area contributed by atoms with Crippen LogP contribution in [0.1, 0.15) is 0 Å². The summed E-state index contributed by atoms with van der Waals surface area (Å²) in [5.74, 6) is -3.04. The Kier molecular flexibility index (Phi) is 4.89. The SMILES string of the molecule is C=C(Nc1ccc(F)cc1)[C@@H]1C(=O)NC(=O)N(c2ccccc2OC)C1=O. The highest BCUT2D eigenvalue weighted by Gasteiger charge is 2.43. The Labute approximate surface area is 154 Å². The second-order valence-electron chi connectivity index (χ2n) is 5.73. The Morgan fingerprint density at radius 2 is 1.81 bits per heavy atom. The van der Waals surface area contributed by atoms with Crippen molar-refractivity contribution in [1.29, 1.82) is 0 Å². The predicted molar refractivity (Wildman–Crippen MR) is 96.7 cm³/mol. The summed E-state index contributed by atoms with van der Waals surface area (Å²) >= 11 is 0. The Morgan fingerprint density at radius 3 is 2.48 bits per heavy atom. The number of methoxy groups -OCH3 is 1. The Morgan fingerprint density at radius 1 is 1.15 bits per heavy atom. The van der Waals surface area contributed by atoms with Gasteiger partial charge in [-0.05, 0) is 36.4 Å². The minimum absolute atomic E-state index is 0.0523. The molecule has 3 rings (SSSR count). The molecule has 0 aromatic heterocycles. The summed E-state index contributed by atoms with van der Waals surface area (Å²) < 4.78 is 18.2. The quantitative estimate of drug-likeness (QED) is 0.791. The van der Waals surface area contributed by atoms with Crippen molar-refractivity contribution in [3.8, 4) is 5.75 Å². The lowest BCUT2D eigenvalue weighted by molar-refractivity contribution is -0.132. The van der Waals surface area contributed by atoms with Gasteiger partial charge in [0.15, 0.2) is 5.92 Å². The van der Waals surface area contributed by atoms with Crippen LogP contribution in [0, 0.1) is 11.7 Å². The van der Waals surface area contributed by atoms with Gasteiger partial charge in [-0.1, -0.05) is 18.7 Å². The molecule has 0 aliphatic carbocycles. The van der Waals surface area contributed by atoms with E-state index in [1.807, 2.05) is 0 Å². The van der Waals surface area contributed by atoms with Crippen LogP contribution in [0.15, 0.2) is 60.8 Å². The summed E-state index contributed by atoms with van der Waals surface area (Å²) in [4.78, 5) is 38.3. The number of imide groups is 2. The molecule has 8 heteroatoms. The van der Waals surface area contributed by atoms with Crippen molar-refractivity contribution in [3.63, 3.8) is 0 Å². The van der Waals surface area contributed by atoms with E-state index in [1.165, 1.54) is 37.4 Å². The number of barbiturate groups is 1. The number of amides is 4. The fraction of sp³-hybridized carbons (Fsp3) is 0.105. The van der Waals surface area contributed by atoms with Crippen LogP contribution in [-0.4, -0.2) is 25.0 Å². The van der Waals surface area contributed by atoms with E-state index in [0.29, 0.717) is 11.4 Å². The molecule has 2 N–H and O–H groups in total. The molecule has 1 fully saturated rings. The zero-order valence-corrected chi connectivity index (χ0v) is 14.4. The molecule has 1 saturated heterocycles. The summed E-state index contributed by atoms with van der Waals surface area (Å²) in [5, 5.41) is 4.95. The first-order valence-electron chi connectivity index (χ1n) is 7.95. The molecule has 138 valence electrons. The maximum atomic E-state index is 13.0. The van der Waals surface area contributed by atoms with Crippen molar-refractivity contribution in [1.82, 2.24) is 5.32 Å². The number of carbonyl (C=O) groups is 3. The number of hydrogen-bond acceptors (Lipinski definition) is 5. The third-order valence-electron chi connectivity index (χ3n) is 3.99. The number of para-hydroxylation sites is 2. The van der Waals surface area contributed by atoms with Crippen LogP contribution in [0.4, 0.5) is 20.6 Å². The van der Waals surface area contributed by atoms with Crippen LogP contribution in [0.5, 0.6) is 5.75 Å². The Bertz CT molecular complexity index is 927. The molecule has 0 radical (unpaired) electrons. The highest BCUT2D eigenvalue weighted by molar-refractivity contribution is 6.29. The molecule has 7 nitrogen and oxygen atoms in total. The van der Waals surface area contributed by atoms with Crippen LogP contribution in [0.2, 0.25) is 0 Å². The van der Waals surface area contributed by atoms with Gasteiger partial charge in [0.2, 0.25) is 5.91 Å². The van der Waals surface area contributed by atoms with E-state index >= 15 is 0 Å². The third-order valence-corrected chi connectivity index (χ3v) is 3.99. The van der Waals surface area contributed by atoms with Gasteiger partial charge in [-0.2, -0.15) is 0 Å². The zero-order chi connectivity index (χ0) is 19.6. The maximum absolute atomic E-state index is 13.0. The molecule has 1 atom stereocenters. The lowest BCUT2D eigenvalue weighted by atomic mass is 10.0. The van der Waals surface area contributed by atoms with Crippen LogP contribution in [-0.2, 0) is 9.59 Å². The number of ether oxygens (including phenoxy) is 1. The van der Waals surface area contributed by atoms with Gasteiger partial charge >= 0.3 is 6.03 Å². The number of hydrogen-bond donors (Lipinski definition) is 2. The van der Waals surface area contributed by atoms with E-state index in [1.54, 1.807) is 18.2 Å². The number of rotatable bonds is 5. The van der Waals surface area contributed by atoms with E-state index in [9.17, 15) is 18.8 Å². The Hall–Kier alpha value is -3.68. The van der Waals surface area contributed by atoms with Gasteiger partial charge < -0.3 is 10.1 Å². The predicted octanol–water partition coefficient (Wildman–Crippen LogP) is 2.66. The molecule has 1 aliphatic rings. The molecule has 0 saturated carbocycles. The summed E-state index contributed by atoms with van der Waals surface area (Å²) in [5.41, 5.74) is 0.703. The van der Waals surface area contributed by atoms with Gasteiger partial charge in [0.1, 0.15) is 11.6 Å². The number of urea groups is 1. The largest absolute Gasteiger partial charge is 0.495 e. The van der Waals surface area contributed by atoms with Crippen molar-refractivity contribution in [2.75, 3.05) is 17.3 Å². The molecule has 2 aromatic carbocycles. The number of anilines is 2. The molecular formula is C19H16FN3O4. The van der Waals surface area contributed by atoms with Crippen molar-refractivity contribution < 1.29 is 23.5 Å². The first-order valence-corrected chi connectivity index (χ1v) is 7.95. The van der Waals surface area contributed by atoms with Crippen LogP contribution in [0.25, 0.3) is 0 Å².